The van der Waals surface area contributed by atoms with Gasteiger partial charge in [0, 0.05) is 18.0 Å². The summed E-state index contributed by atoms with van der Waals surface area (Å²) in [5, 5.41) is 0. The molecule has 1 aromatic carbocycles. The molecule has 0 saturated carbocycles. The third-order valence-corrected chi connectivity index (χ3v) is 4.73. The molecule has 0 fully saturated rings. The van der Waals surface area contributed by atoms with E-state index in [1.807, 2.05) is 24.3 Å². The Kier molecular flexibility index (Phi) is 6.78. The maximum absolute atomic E-state index is 12.5. The number of hydrogen-bond donors (Lipinski definition) is 0. The number of benzene rings is 1. The predicted octanol–water partition coefficient (Wildman–Crippen LogP) is 5.52. The van der Waals surface area contributed by atoms with Crippen LogP contribution in [0.25, 0.3) is 0 Å². The van der Waals surface area contributed by atoms with E-state index in [0.29, 0.717) is 0 Å². The third-order valence-electron chi connectivity index (χ3n) is 3.79. The number of hydrogen-bond acceptors (Lipinski definition) is 2. The standard InChI is InChI=1S/C19H22BrNO/c1-2-3-4-5-6-15-7-9-17(10-8-15)19(22)18(20)16-11-13-21-14-12-16/h7-14,18H,2-6H2,1H3/t18-/m0/s1. The van der Waals surface area contributed by atoms with Crippen molar-refractivity contribution in [1.29, 1.82) is 0 Å². The molecule has 0 aliphatic heterocycles. The number of unbranched alkanes of at least 4 members (excludes halogenated alkanes) is 3. The average Bonchev–Trinajstić information content (AvgIpc) is 2.59. The number of aryl methyl sites for hydroxylation is 1. The van der Waals surface area contributed by atoms with Crippen molar-refractivity contribution >= 4 is 21.7 Å². The van der Waals surface area contributed by atoms with Crippen molar-refractivity contribution in [3.05, 3.63) is 65.5 Å². The molecule has 0 aliphatic rings. The van der Waals surface area contributed by atoms with Crippen LogP contribution in [0, 0.1) is 0 Å². The van der Waals surface area contributed by atoms with Gasteiger partial charge in [0.2, 0.25) is 0 Å². The summed E-state index contributed by atoms with van der Waals surface area (Å²) in [6.07, 6.45) is 9.56. The molecule has 0 saturated heterocycles. The SMILES string of the molecule is CCCCCCc1ccc(C(=O)[C@@H](Br)c2ccncc2)cc1. The van der Waals surface area contributed by atoms with Gasteiger partial charge in [-0.15, -0.1) is 0 Å². The van der Waals surface area contributed by atoms with Gasteiger partial charge in [0.05, 0.1) is 0 Å². The molecule has 3 heteroatoms. The summed E-state index contributed by atoms with van der Waals surface area (Å²) in [4.78, 5) is 16.2. The smallest absolute Gasteiger partial charge is 0.180 e. The summed E-state index contributed by atoms with van der Waals surface area (Å²) < 4.78 is 0. The van der Waals surface area contributed by atoms with Gasteiger partial charge in [-0.05, 0) is 36.1 Å². The van der Waals surface area contributed by atoms with Crippen LogP contribution in [0.1, 0.15) is 58.9 Å². The first-order valence-electron chi connectivity index (χ1n) is 7.89. The van der Waals surface area contributed by atoms with Crippen LogP contribution in [0.3, 0.4) is 0 Å². The number of alkyl halides is 1. The summed E-state index contributed by atoms with van der Waals surface area (Å²) in [7, 11) is 0. The third kappa shape index (κ3) is 4.77. The molecular formula is C19H22BrNO. The van der Waals surface area contributed by atoms with E-state index in [1.165, 1.54) is 31.2 Å². The van der Waals surface area contributed by atoms with Gasteiger partial charge in [0.1, 0.15) is 4.83 Å². The number of pyridine rings is 1. The second-order valence-corrected chi connectivity index (χ2v) is 6.43. The van der Waals surface area contributed by atoms with Crippen molar-refractivity contribution in [2.45, 2.75) is 43.9 Å². The lowest BCUT2D eigenvalue weighted by atomic mass is 10.0. The van der Waals surface area contributed by atoms with Crippen LogP contribution in [-0.4, -0.2) is 10.8 Å². The minimum absolute atomic E-state index is 0.0868. The number of Topliss-reactive ketones (excluding diaryl/α,β-unsaturated/α-hetero) is 1. The topological polar surface area (TPSA) is 30.0 Å². The Hall–Kier alpha value is -1.48. The van der Waals surface area contributed by atoms with Crippen LogP contribution in [0.4, 0.5) is 0 Å². The van der Waals surface area contributed by atoms with Crippen LogP contribution in [0.5, 0.6) is 0 Å². The number of carbonyl (C=O) groups is 1. The van der Waals surface area contributed by atoms with Gasteiger partial charge < -0.3 is 0 Å². The quantitative estimate of drug-likeness (QED) is 0.352. The second-order valence-electron chi connectivity index (χ2n) is 5.51. The summed E-state index contributed by atoms with van der Waals surface area (Å²) >= 11 is 3.49. The van der Waals surface area contributed by atoms with Crippen molar-refractivity contribution in [3.63, 3.8) is 0 Å². The van der Waals surface area contributed by atoms with Crippen LogP contribution in [0.15, 0.2) is 48.8 Å². The fourth-order valence-corrected chi connectivity index (χ4v) is 2.99. The number of nitrogens with zero attached hydrogens (tertiary/aromatic N) is 1. The number of ketones is 1. The molecule has 1 atom stereocenters. The van der Waals surface area contributed by atoms with Crippen molar-refractivity contribution in [2.24, 2.45) is 0 Å². The van der Waals surface area contributed by atoms with Crippen molar-refractivity contribution in [3.8, 4) is 0 Å². The van der Waals surface area contributed by atoms with Crippen molar-refractivity contribution in [1.82, 2.24) is 4.98 Å². The Balaban J connectivity index is 1.96. The van der Waals surface area contributed by atoms with Crippen LogP contribution >= 0.6 is 15.9 Å². The Morgan fingerprint density at radius 1 is 1.05 bits per heavy atom. The lowest BCUT2D eigenvalue weighted by molar-refractivity contribution is 0.0991. The molecule has 0 bridgehead atoms. The Bertz CT molecular complexity index is 580. The minimum Gasteiger partial charge on any atom is -0.293 e. The van der Waals surface area contributed by atoms with E-state index in [1.54, 1.807) is 12.4 Å². The monoisotopic (exact) mass is 359 g/mol. The van der Waals surface area contributed by atoms with E-state index in [0.717, 1.165) is 17.5 Å². The Labute approximate surface area is 141 Å². The van der Waals surface area contributed by atoms with Crippen LogP contribution in [0.2, 0.25) is 0 Å². The van der Waals surface area contributed by atoms with E-state index in [2.05, 4.69) is 40.0 Å². The zero-order chi connectivity index (χ0) is 15.8. The van der Waals surface area contributed by atoms with Gasteiger partial charge >= 0.3 is 0 Å². The van der Waals surface area contributed by atoms with Crippen molar-refractivity contribution in [2.75, 3.05) is 0 Å². The number of rotatable bonds is 8. The first kappa shape index (κ1) is 16.9. The molecule has 2 rings (SSSR count). The summed E-state index contributed by atoms with van der Waals surface area (Å²) in [5.41, 5.74) is 2.99. The fourth-order valence-electron chi connectivity index (χ4n) is 2.42. The molecular weight excluding hydrogens is 338 g/mol. The highest BCUT2D eigenvalue weighted by Crippen LogP contribution is 2.26. The maximum atomic E-state index is 12.5. The molecule has 0 radical (unpaired) electrons. The zero-order valence-electron chi connectivity index (χ0n) is 13.0. The molecule has 0 spiro atoms. The van der Waals surface area contributed by atoms with Crippen molar-refractivity contribution < 1.29 is 4.79 Å². The van der Waals surface area contributed by atoms with E-state index in [9.17, 15) is 4.79 Å². The largest absolute Gasteiger partial charge is 0.293 e. The highest BCUT2D eigenvalue weighted by Gasteiger charge is 2.18. The van der Waals surface area contributed by atoms with E-state index < -0.39 is 0 Å². The average molecular weight is 360 g/mol. The van der Waals surface area contributed by atoms with E-state index >= 15 is 0 Å². The van der Waals surface area contributed by atoms with E-state index in [4.69, 9.17) is 0 Å². The van der Waals surface area contributed by atoms with Gasteiger partial charge in [0.25, 0.3) is 0 Å². The van der Waals surface area contributed by atoms with Crippen LogP contribution in [-0.2, 0) is 6.42 Å². The van der Waals surface area contributed by atoms with E-state index in [-0.39, 0.29) is 10.6 Å². The molecule has 116 valence electrons. The van der Waals surface area contributed by atoms with Gasteiger partial charge in [-0.1, -0.05) is 66.4 Å². The zero-order valence-corrected chi connectivity index (χ0v) is 14.6. The first-order chi connectivity index (χ1) is 10.7. The highest BCUT2D eigenvalue weighted by atomic mass is 79.9. The molecule has 0 aliphatic carbocycles. The second kappa shape index (κ2) is 8.84. The highest BCUT2D eigenvalue weighted by molar-refractivity contribution is 9.09. The lowest BCUT2D eigenvalue weighted by Crippen LogP contribution is -2.07. The molecule has 0 unspecified atom stereocenters. The summed E-state index contributed by atoms with van der Waals surface area (Å²) in [6, 6.07) is 11.7. The molecule has 1 aromatic heterocycles. The van der Waals surface area contributed by atoms with Gasteiger partial charge in [-0.25, -0.2) is 0 Å². The lowest BCUT2D eigenvalue weighted by Gasteiger charge is -2.09. The molecule has 1 heterocycles. The molecule has 2 nitrogen and oxygen atoms in total. The predicted molar refractivity (Wildman–Crippen MR) is 94.5 cm³/mol. The maximum Gasteiger partial charge on any atom is 0.180 e. The fraction of sp³-hybridized carbons (Fsp3) is 0.368. The minimum atomic E-state index is -0.314. The normalized spacial score (nSPS) is 12.1. The first-order valence-corrected chi connectivity index (χ1v) is 8.81. The number of aromatic nitrogens is 1. The molecule has 2 aromatic rings. The Morgan fingerprint density at radius 2 is 1.73 bits per heavy atom. The van der Waals surface area contributed by atoms with Crippen LogP contribution < -0.4 is 0 Å². The van der Waals surface area contributed by atoms with Gasteiger partial charge in [0.15, 0.2) is 5.78 Å². The van der Waals surface area contributed by atoms with Gasteiger partial charge in [-0.3, -0.25) is 9.78 Å². The Morgan fingerprint density at radius 3 is 2.36 bits per heavy atom. The molecule has 0 amide bonds. The summed E-state index contributed by atoms with van der Waals surface area (Å²) in [6.45, 7) is 2.22. The number of halogens is 1. The van der Waals surface area contributed by atoms with Gasteiger partial charge in [-0.2, -0.15) is 0 Å². The molecule has 0 N–H and O–H groups in total. The number of carbonyl (C=O) groups excluding carboxylic acids is 1. The summed E-state index contributed by atoms with van der Waals surface area (Å²) in [5.74, 6) is 0.0868. The molecule has 22 heavy (non-hydrogen) atoms.